The molecular weight excluding hydrogens is 314 g/mol. The van der Waals surface area contributed by atoms with E-state index < -0.39 is 5.54 Å². The van der Waals surface area contributed by atoms with Crippen LogP contribution in [-0.4, -0.2) is 19.9 Å². The second-order valence-electron chi connectivity index (χ2n) is 5.80. The summed E-state index contributed by atoms with van der Waals surface area (Å²) in [5.41, 5.74) is 7.71. The number of nitrogens with two attached hydrogens (primary N) is 1. The Bertz CT molecular complexity index is 777. The number of halogens is 1. The van der Waals surface area contributed by atoms with Crippen molar-refractivity contribution in [1.82, 2.24) is 19.9 Å². The van der Waals surface area contributed by atoms with Gasteiger partial charge in [-0.05, 0) is 25.0 Å². The predicted octanol–water partition coefficient (Wildman–Crippen LogP) is 3.07. The van der Waals surface area contributed by atoms with E-state index in [4.69, 9.17) is 10.3 Å². The van der Waals surface area contributed by atoms with E-state index in [1.54, 1.807) is 10.9 Å². The van der Waals surface area contributed by atoms with E-state index in [1.165, 1.54) is 0 Å². The van der Waals surface area contributed by atoms with Gasteiger partial charge in [0, 0.05) is 6.20 Å². The zero-order chi connectivity index (χ0) is 15.0. The van der Waals surface area contributed by atoms with Gasteiger partial charge in [0.25, 0.3) is 5.89 Å². The van der Waals surface area contributed by atoms with E-state index in [-0.39, 0.29) is 12.4 Å². The Balaban J connectivity index is 0.00000156. The fourth-order valence-corrected chi connectivity index (χ4v) is 2.93. The fourth-order valence-electron chi connectivity index (χ4n) is 2.93. The van der Waals surface area contributed by atoms with E-state index in [2.05, 4.69) is 15.2 Å². The van der Waals surface area contributed by atoms with Gasteiger partial charge in [-0.15, -0.1) is 12.4 Å². The average molecular weight is 332 g/mol. The van der Waals surface area contributed by atoms with Gasteiger partial charge in [0.15, 0.2) is 5.82 Å². The van der Waals surface area contributed by atoms with Crippen LogP contribution in [0.5, 0.6) is 0 Å². The topological polar surface area (TPSA) is 82.8 Å². The molecule has 6 nitrogen and oxygen atoms in total. The van der Waals surface area contributed by atoms with E-state index >= 15 is 0 Å². The number of para-hydroxylation sites is 1. The fraction of sp³-hybridized carbons (Fsp3) is 0.312. The van der Waals surface area contributed by atoms with Crippen molar-refractivity contribution in [2.24, 2.45) is 5.73 Å². The lowest BCUT2D eigenvalue weighted by molar-refractivity contribution is 0.372. The molecule has 0 spiro atoms. The zero-order valence-corrected chi connectivity index (χ0v) is 13.4. The molecule has 0 radical (unpaired) electrons. The van der Waals surface area contributed by atoms with Crippen LogP contribution in [0.2, 0.25) is 0 Å². The lowest BCUT2D eigenvalue weighted by Crippen LogP contribution is -2.34. The van der Waals surface area contributed by atoms with Gasteiger partial charge in [0.2, 0.25) is 0 Å². The Morgan fingerprint density at radius 1 is 1.13 bits per heavy atom. The van der Waals surface area contributed by atoms with Gasteiger partial charge >= 0.3 is 0 Å². The molecule has 3 aromatic rings. The molecule has 2 heterocycles. The average Bonchev–Trinajstić information content (AvgIpc) is 3.28. The van der Waals surface area contributed by atoms with Crippen molar-refractivity contribution in [1.29, 1.82) is 0 Å². The maximum atomic E-state index is 6.36. The van der Waals surface area contributed by atoms with Crippen LogP contribution in [0.25, 0.3) is 17.1 Å². The first-order valence-electron chi connectivity index (χ1n) is 7.48. The zero-order valence-electron chi connectivity index (χ0n) is 12.6. The summed E-state index contributed by atoms with van der Waals surface area (Å²) < 4.78 is 7.17. The number of nitrogens with zero attached hydrogens (tertiary/aromatic N) is 4. The molecule has 1 aliphatic rings. The van der Waals surface area contributed by atoms with Crippen molar-refractivity contribution >= 4 is 12.4 Å². The summed E-state index contributed by atoms with van der Waals surface area (Å²) in [6.07, 6.45) is 7.66. The van der Waals surface area contributed by atoms with Crippen LogP contribution in [0.4, 0.5) is 0 Å². The molecule has 23 heavy (non-hydrogen) atoms. The Labute approximate surface area is 140 Å². The first-order chi connectivity index (χ1) is 10.7. The smallest absolute Gasteiger partial charge is 0.261 e. The summed E-state index contributed by atoms with van der Waals surface area (Å²) in [6.45, 7) is 0. The SMILES string of the molecule is Cl.NC1(c2noc(-c3cnn(-c4ccccc4)c3)n2)CCCC1. The molecule has 1 aliphatic carbocycles. The maximum absolute atomic E-state index is 6.36. The Morgan fingerprint density at radius 3 is 2.61 bits per heavy atom. The highest BCUT2D eigenvalue weighted by Crippen LogP contribution is 2.35. The van der Waals surface area contributed by atoms with Crippen LogP contribution in [0.15, 0.2) is 47.2 Å². The predicted molar refractivity (Wildman–Crippen MR) is 88.4 cm³/mol. The molecule has 0 aliphatic heterocycles. The lowest BCUT2D eigenvalue weighted by Gasteiger charge is -2.17. The minimum Gasteiger partial charge on any atom is -0.334 e. The van der Waals surface area contributed by atoms with Crippen LogP contribution in [0.3, 0.4) is 0 Å². The quantitative estimate of drug-likeness (QED) is 0.797. The standard InChI is InChI=1S/C16H17N5O.ClH/c17-16(8-4-5-9-16)15-19-14(22-20-15)12-10-18-21(11-12)13-6-2-1-3-7-13;/h1-3,6-7,10-11H,4-5,8-9,17H2;1H. The minimum absolute atomic E-state index is 0. The van der Waals surface area contributed by atoms with Crippen LogP contribution >= 0.6 is 12.4 Å². The van der Waals surface area contributed by atoms with Crippen molar-refractivity contribution in [3.05, 3.63) is 48.5 Å². The van der Waals surface area contributed by atoms with Crippen molar-refractivity contribution < 1.29 is 4.52 Å². The molecule has 7 heteroatoms. The number of hydrogen-bond acceptors (Lipinski definition) is 5. The van der Waals surface area contributed by atoms with Crippen molar-refractivity contribution in [3.63, 3.8) is 0 Å². The Morgan fingerprint density at radius 2 is 1.87 bits per heavy atom. The molecule has 0 saturated heterocycles. The van der Waals surface area contributed by atoms with E-state index in [0.717, 1.165) is 36.9 Å². The van der Waals surface area contributed by atoms with Crippen LogP contribution in [-0.2, 0) is 5.54 Å². The molecule has 0 amide bonds. The normalized spacial score (nSPS) is 16.2. The molecule has 120 valence electrons. The Kier molecular flexibility index (Phi) is 4.19. The monoisotopic (exact) mass is 331 g/mol. The lowest BCUT2D eigenvalue weighted by atomic mass is 9.99. The Hall–Kier alpha value is -2.18. The highest BCUT2D eigenvalue weighted by molar-refractivity contribution is 5.85. The van der Waals surface area contributed by atoms with Crippen molar-refractivity contribution in [3.8, 4) is 17.1 Å². The van der Waals surface area contributed by atoms with Crippen LogP contribution < -0.4 is 5.73 Å². The summed E-state index contributed by atoms with van der Waals surface area (Å²) in [5, 5.41) is 8.42. The second kappa shape index (κ2) is 6.14. The molecule has 1 saturated carbocycles. The van der Waals surface area contributed by atoms with Gasteiger partial charge in [-0.3, -0.25) is 0 Å². The molecule has 4 rings (SSSR count). The van der Waals surface area contributed by atoms with Gasteiger partial charge in [0.05, 0.1) is 23.0 Å². The number of hydrogen-bond donors (Lipinski definition) is 1. The highest BCUT2D eigenvalue weighted by Gasteiger charge is 2.36. The molecule has 2 N–H and O–H groups in total. The molecule has 0 bridgehead atoms. The first-order valence-corrected chi connectivity index (χ1v) is 7.48. The summed E-state index contributed by atoms with van der Waals surface area (Å²) >= 11 is 0. The van der Waals surface area contributed by atoms with E-state index in [0.29, 0.717) is 11.7 Å². The van der Waals surface area contributed by atoms with Gasteiger partial charge < -0.3 is 10.3 Å². The van der Waals surface area contributed by atoms with Gasteiger partial charge in [-0.2, -0.15) is 10.1 Å². The summed E-state index contributed by atoms with van der Waals surface area (Å²) in [7, 11) is 0. The van der Waals surface area contributed by atoms with E-state index in [9.17, 15) is 0 Å². The molecule has 0 unspecified atom stereocenters. The number of benzene rings is 1. The number of rotatable bonds is 3. The van der Waals surface area contributed by atoms with Crippen LogP contribution in [0.1, 0.15) is 31.5 Å². The van der Waals surface area contributed by atoms with Gasteiger partial charge in [0.1, 0.15) is 0 Å². The highest BCUT2D eigenvalue weighted by atomic mass is 35.5. The van der Waals surface area contributed by atoms with Gasteiger partial charge in [-0.1, -0.05) is 36.2 Å². The van der Waals surface area contributed by atoms with Gasteiger partial charge in [-0.25, -0.2) is 4.68 Å². The molecule has 2 aromatic heterocycles. The summed E-state index contributed by atoms with van der Waals surface area (Å²) in [6, 6.07) is 9.90. The maximum Gasteiger partial charge on any atom is 0.261 e. The van der Waals surface area contributed by atoms with Crippen molar-refractivity contribution in [2.45, 2.75) is 31.2 Å². The third kappa shape index (κ3) is 2.87. The van der Waals surface area contributed by atoms with E-state index in [1.807, 2.05) is 36.5 Å². The molecular formula is C16H18ClN5O. The number of aromatic nitrogens is 4. The first kappa shape index (κ1) is 15.7. The largest absolute Gasteiger partial charge is 0.334 e. The summed E-state index contributed by atoms with van der Waals surface area (Å²) in [5.74, 6) is 1.07. The third-order valence-corrected chi connectivity index (χ3v) is 4.22. The molecule has 0 atom stereocenters. The van der Waals surface area contributed by atoms with Crippen molar-refractivity contribution in [2.75, 3.05) is 0 Å². The molecule has 1 aromatic carbocycles. The minimum atomic E-state index is -0.433. The summed E-state index contributed by atoms with van der Waals surface area (Å²) in [4.78, 5) is 4.49. The van der Waals surface area contributed by atoms with Crippen LogP contribution in [0, 0.1) is 0 Å². The third-order valence-electron chi connectivity index (χ3n) is 4.22. The molecule has 1 fully saturated rings. The second-order valence-corrected chi connectivity index (χ2v) is 5.80.